The van der Waals surface area contributed by atoms with Crippen molar-refractivity contribution in [2.75, 3.05) is 0 Å². The zero-order chi connectivity index (χ0) is 23.0. The van der Waals surface area contributed by atoms with Gasteiger partial charge in [0.25, 0.3) is 0 Å². The smallest absolute Gasteiger partial charge is 0.303 e. The molecule has 2 atom stereocenters. The summed E-state index contributed by atoms with van der Waals surface area (Å²) in [6.07, 6.45) is 25.3. The highest BCUT2D eigenvalue weighted by Gasteiger charge is 2.09. The molecule has 0 radical (unpaired) electrons. The molecule has 3 N–H and O–H groups in total. The third kappa shape index (κ3) is 25.5. The molecule has 0 aliphatic rings. The van der Waals surface area contributed by atoms with Crippen LogP contribution < -0.4 is 0 Å². The van der Waals surface area contributed by atoms with Gasteiger partial charge < -0.3 is 15.3 Å². The van der Waals surface area contributed by atoms with Crippen molar-refractivity contribution in [3.8, 4) is 0 Å². The van der Waals surface area contributed by atoms with Crippen LogP contribution in [0.1, 0.15) is 155 Å². The lowest BCUT2D eigenvalue weighted by Gasteiger charge is -2.14. The van der Waals surface area contributed by atoms with Gasteiger partial charge in [0.2, 0.25) is 0 Å². The topological polar surface area (TPSA) is 77.8 Å². The Morgan fingerprint density at radius 1 is 0.516 bits per heavy atom. The normalized spacial score (nSPS) is 13.4. The fraction of sp³-hybridized carbons (Fsp3) is 0.963. The van der Waals surface area contributed by atoms with Crippen molar-refractivity contribution in [2.24, 2.45) is 0 Å². The van der Waals surface area contributed by atoms with Gasteiger partial charge in [-0.05, 0) is 32.1 Å². The summed E-state index contributed by atoms with van der Waals surface area (Å²) in [5, 5.41) is 28.6. The molecule has 0 heterocycles. The van der Waals surface area contributed by atoms with Gasteiger partial charge in [0, 0.05) is 6.42 Å². The highest BCUT2D eigenvalue weighted by molar-refractivity contribution is 5.66. The fourth-order valence-corrected chi connectivity index (χ4v) is 4.26. The second kappa shape index (κ2) is 24.0. The summed E-state index contributed by atoms with van der Waals surface area (Å²) in [4.78, 5) is 10.4. The van der Waals surface area contributed by atoms with Gasteiger partial charge in [-0.3, -0.25) is 4.79 Å². The van der Waals surface area contributed by atoms with Crippen molar-refractivity contribution < 1.29 is 20.1 Å². The summed E-state index contributed by atoms with van der Waals surface area (Å²) in [5.74, 6) is -0.667. The molecular formula is C27H54O4. The molecule has 0 aromatic heterocycles. The van der Waals surface area contributed by atoms with E-state index in [-0.39, 0.29) is 12.2 Å². The number of aliphatic hydroxyl groups is 2. The van der Waals surface area contributed by atoms with E-state index in [1.807, 2.05) is 0 Å². The van der Waals surface area contributed by atoms with Crippen LogP contribution in [0.15, 0.2) is 0 Å². The van der Waals surface area contributed by atoms with Crippen LogP contribution in [-0.2, 0) is 4.79 Å². The second-order valence-electron chi connectivity index (χ2n) is 9.62. The van der Waals surface area contributed by atoms with E-state index >= 15 is 0 Å². The second-order valence-corrected chi connectivity index (χ2v) is 9.62. The molecule has 0 spiro atoms. The SMILES string of the molecule is CCCCCC(O)CCC(O)CCCCCCCCCCCCCCCCCC(=O)O. The molecule has 31 heavy (non-hydrogen) atoms. The zero-order valence-electron chi connectivity index (χ0n) is 20.7. The Kier molecular flexibility index (Phi) is 23.6. The van der Waals surface area contributed by atoms with E-state index in [4.69, 9.17) is 5.11 Å². The predicted molar refractivity (Wildman–Crippen MR) is 132 cm³/mol. The van der Waals surface area contributed by atoms with Gasteiger partial charge in [0.1, 0.15) is 0 Å². The van der Waals surface area contributed by atoms with E-state index in [0.29, 0.717) is 6.42 Å². The van der Waals surface area contributed by atoms with E-state index in [1.165, 1.54) is 89.9 Å². The molecule has 0 aromatic carbocycles. The van der Waals surface area contributed by atoms with Gasteiger partial charge in [-0.2, -0.15) is 0 Å². The first-order valence-electron chi connectivity index (χ1n) is 13.6. The van der Waals surface area contributed by atoms with E-state index in [0.717, 1.165) is 51.4 Å². The minimum Gasteiger partial charge on any atom is -0.481 e. The van der Waals surface area contributed by atoms with Gasteiger partial charge in [-0.25, -0.2) is 0 Å². The fourth-order valence-electron chi connectivity index (χ4n) is 4.26. The maximum absolute atomic E-state index is 10.4. The Hall–Kier alpha value is -0.610. The van der Waals surface area contributed by atoms with Crippen LogP contribution in [0.3, 0.4) is 0 Å². The van der Waals surface area contributed by atoms with Crippen LogP contribution in [0.2, 0.25) is 0 Å². The summed E-state index contributed by atoms with van der Waals surface area (Å²) in [6.45, 7) is 2.18. The number of hydrogen-bond acceptors (Lipinski definition) is 3. The third-order valence-corrected chi connectivity index (χ3v) is 6.40. The molecule has 0 fully saturated rings. The first kappa shape index (κ1) is 30.4. The summed E-state index contributed by atoms with van der Waals surface area (Å²) < 4.78 is 0. The Morgan fingerprint density at radius 3 is 1.19 bits per heavy atom. The number of aliphatic carboxylic acids is 1. The molecule has 186 valence electrons. The van der Waals surface area contributed by atoms with Crippen LogP contribution in [0, 0.1) is 0 Å². The Labute approximate surface area is 193 Å². The first-order chi connectivity index (χ1) is 15.1. The van der Waals surface area contributed by atoms with Gasteiger partial charge >= 0.3 is 5.97 Å². The lowest BCUT2D eigenvalue weighted by Crippen LogP contribution is -2.13. The lowest BCUT2D eigenvalue weighted by atomic mass is 10.0. The summed E-state index contributed by atoms with van der Waals surface area (Å²) in [5.41, 5.74) is 0. The molecule has 2 unspecified atom stereocenters. The molecule has 0 aliphatic carbocycles. The summed E-state index contributed by atoms with van der Waals surface area (Å²) in [7, 11) is 0. The Balaban J connectivity index is 3.20. The van der Waals surface area contributed by atoms with Crippen LogP contribution in [0.25, 0.3) is 0 Å². The average molecular weight is 443 g/mol. The van der Waals surface area contributed by atoms with Crippen molar-refractivity contribution >= 4 is 5.97 Å². The third-order valence-electron chi connectivity index (χ3n) is 6.40. The van der Waals surface area contributed by atoms with Gasteiger partial charge in [-0.15, -0.1) is 0 Å². The van der Waals surface area contributed by atoms with Gasteiger partial charge in [0.15, 0.2) is 0 Å². The van der Waals surface area contributed by atoms with E-state index in [2.05, 4.69) is 6.92 Å². The molecule has 0 aliphatic heterocycles. The van der Waals surface area contributed by atoms with Crippen molar-refractivity contribution in [2.45, 2.75) is 167 Å². The zero-order valence-corrected chi connectivity index (χ0v) is 20.7. The first-order valence-corrected chi connectivity index (χ1v) is 13.6. The minimum absolute atomic E-state index is 0.225. The minimum atomic E-state index is -0.667. The van der Waals surface area contributed by atoms with E-state index in [1.54, 1.807) is 0 Å². The van der Waals surface area contributed by atoms with Crippen molar-refractivity contribution in [3.05, 3.63) is 0 Å². The predicted octanol–water partition coefficient (Wildman–Crippen LogP) is 7.79. The van der Waals surface area contributed by atoms with E-state index in [9.17, 15) is 15.0 Å². The molecule has 0 amide bonds. The van der Waals surface area contributed by atoms with Crippen molar-refractivity contribution in [3.63, 3.8) is 0 Å². The number of hydrogen-bond donors (Lipinski definition) is 3. The standard InChI is InChI=1S/C27H54O4/c1-2-3-17-20-25(28)23-24-26(29)21-18-15-13-11-9-7-5-4-6-8-10-12-14-16-19-22-27(30)31/h25-26,28-29H,2-24H2,1H3,(H,30,31). The Bertz CT molecular complexity index is 372. The molecular weight excluding hydrogens is 388 g/mol. The Morgan fingerprint density at radius 2 is 0.839 bits per heavy atom. The number of carbonyl (C=O) groups is 1. The van der Waals surface area contributed by atoms with Crippen LogP contribution in [0.4, 0.5) is 0 Å². The molecule has 0 aromatic rings. The highest BCUT2D eigenvalue weighted by Crippen LogP contribution is 2.16. The maximum atomic E-state index is 10.4. The monoisotopic (exact) mass is 442 g/mol. The van der Waals surface area contributed by atoms with Crippen molar-refractivity contribution in [1.82, 2.24) is 0 Å². The highest BCUT2D eigenvalue weighted by atomic mass is 16.4. The molecule has 0 bridgehead atoms. The number of unbranched alkanes of at least 4 members (excludes halogenated alkanes) is 16. The van der Waals surface area contributed by atoms with Crippen LogP contribution in [-0.4, -0.2) is 33.5 Å². The van der Waals surface area contributed by atoms with Crippen LogP contribution >= 0.6 is 0 Å². The lowest BCUT2D eigenvalue weighted by molar-refractivity contribution is -0.137. The van der Waals surface area contributed by atoms with Gasteiger partial charge in [0.05, 0.1) is 12.2 Å². The molecule has 4 nitrogen and oxygen atoms in total. The van der Waals surface area contributed by atoms with E-state index < -0.39 is 5.97 Å². The molecule has 4 heteroatoms. The number of rotatable bonds is 25. The average Bonchev–Trinajstić information content (AvgIpc) is 2.74. The van der Waals surface area contributed by atoms with Gasteiger partial charge in [-0.1, -0.05) is 116 Å². The number of carboxylic acids is 1. The molecule has 0 rings (SSSR count). The van der Waals surface area contributed by atoms with Crippen molar-refractivity contribution in [1.29, 1.82) is 0 Å². The molecule has 0 saturated heterocycles. The maximum Gasteiger partial charge on any atom is 0.303 e. The quantitative estimate of drug-likeness (QED) is 0.126. The summed E-state index contributed by atoms with van der Waals surface area (Å²) >= 11 is 0. The molecule has 0 saturated carbocycles. The summed E-state index contributed by atoms with van der Waals surface area (Å²) in [6, 6.07) is 0. The van der Waals surface area contributed by atoms with Crippen LogP contribution in [0.5, 0.6) is 0 Å². The number of carboxylic acid groups (broad SMARTS) is 1. The largest absolute Gasteiger partial charge is 0.481 e. The number of aliphatic hydroxyl groups excluding tert-OH is 2.